The highest BCUT2D eigenvalue weighted by molar-refractivity contribution is 6.44. The van der Waals surface area contributed by atoms with Gasteiger partial charge in [-0.3, -0.25) is 28.8 Å². The number of esters is 6. The average molecular weight is 1430 g/mol. The monoisotopic (exact) mass is 1430 g/mol. The molecular weight excluding hydrogens is 1340 g/mol. The molecule has 0 bridgehead atoms. The van der Waals surface area contributed by atoms with Crippen molar-refractivity contribution >= 4 is 82.7 Å². The van der Waals surface area contributed by atoms with Gasteiger partial charge < -0.3 is 72.1 Å². The van der Waals surface area contributed by atoms with Crippen LogP contribution < -0.4 is 10.6 Å². The second-order valence-corrected chi connectivity index (χ2v) is 22.7. The van der Waals surface area contributed by atoms with Crippen molar-refractivity contribution in [3.05, 3.63) is 136 Å². The van der Waals surface area contributed by atoms with Crippen LogP contribution in [0.4, 0.5) is 0 Å². The van der Waals surface area contributed by atoms with Gasteiger partial charge in [-0.05, 0) is 164 Å². The zero-order valence-electron chi connectivity index (χ0n) is 63.0. The third kappa shape index (κ3) is 22.2. The first kappa shape index (κ1) is 89.4. The molecule has 1 aliphatic carbocycles. The molecule has 1 aliphatic rings. The van der Waals surface area contributed by atoms with Crippen LogP contribution >= 0.6 is 0 Å². The van der Waals surface area contributed by atoms with Crippen molar-refractivity contribution in [2.45, 2.75) is 131 Å². The summed E-state index contributed by atoms with van der Waals surface area (Å²) in [5.74, 6) is -6.10. The highest BCUT2D eigenvalue weighted by Crippen LogP contribution is 2.28. The van der Waals surface area contributed by atoms with Gasteiger partial charge in [0.15, 0.2) is 0 Å². The van der Waals surface area contributed by atoms with Gasteiger partial charge in [0, 0.05) is 75.7 Å². The average Bonchev–Trinajstić information content (AvgIpc) is 1.66. The Balaban J connectivity index is 0.000000624. The molecular formula is C74H95N7O22. The Kier molecular flexibility index (Phi) is 35.8. The Labute approximate surface area is 599 Å². The number of carboxylic acids is 2. The number of aromatic nitrogens is 5. The van der Waals surface area contributed by atoms with Crippen molar-refractivity contribution in [3.63, 3.8) is 0 Å². The van der Waals surface area contributed by atoms with Crippen molar-refractivity contribution in [2.24, 2.45) is 35.2 Å². The lowest BCUT2D eigenvalue weighted by molar-refractivity contribution is -0.139. The summed E-state index contributed by atoms with van der Waals surface area (Å²) in [6, 6.07) is 1.98. The molecule has 0 fully saturated rings. The maximum Gasteiger partial charge on any atom is 0.379 e. The number of hydrogen-bond donors (Lipinski definition) is 4. The van der Waals surface area contributed by atoms with Gasteiger partial charge in [0.05, 0.1) is 75.0 Å². The van der Waals surface area contributed by atoms with Crippen molar-refractivity contribution in [1.29, 1.82) is 0 Å². The van der Waals surface area contributed by atoms with Gasteiger partial charge in [-0.25, -0.2) is 38.4 Å². The Bertz CT molecular complexity index is 4280. The normalized spacial score (nSPS) is 10.8. The summed E-state index contributed by atoms with van der Waals surface area (Å²) in [5.41, 5.74) is 10.5. The maximum atomic E-state index is 12.2. The molecule has 103 heavy (non-hydrogen) atoms. The molecule has 0 saturated carbocycles. The molecule has 29 nitrogen and oxygen atoms in total. The summed E-state index contributed by atoms with van der Waals surface area (Å²) in [6.07, 6.45) is 12.8. The van der Waals surface area contributed by atoms with E-state index >= 15 is 0 Å². The summed E-state index contributed by atoms with van der Waals surface area (Å²) in [5, 5.41) is 22.4. The van der Waals surface area contributed by atoms with Gasteiger partial charge in [-0.15, -0.1) is 12.8 Å². The molecule has 4 N–H and O–H groups in total. The number of carboxylic acid groups (broad SMARTS) is 2. The van der Waals surface area contributed by atoms with Gasteiger partial charge in [-0.1, -0.05) is 23.5 Å². The lowest BCUT2D eigenvalue weighted by Crippen LogP contribution is -2.31. The van der Waals surface area contributed by atoms with Crippen molar-refractivity contribution < 1.29 is 106 Å². The van der Waals surface area contributed by atoms with E-state index in [1.54, 1.807) is 99.5 Å². The first-order valence-corrected chi connectivity index (χ1v) is 32.3. The standard InChI is InChI=1S/C15H18N2O4.C14H19NO5.C13H14N2O4.C12H15NO5.C10H15NO2.C10H14O2/c1-6-8-16-14(19)13(18)11-9(3)12(15(20)21-7-2)17(5)10(11)4;1-6-19-13(17)11-8(3)10(9(4)15(11)5)12(16)14(18)20-7-2;1-5-6-14-12(17)11(16)9-7(2)10(13(18)19)15(4)8(9)3;1-5-18-12(17)9-6(2)8(7(3)13(9)4)10(14)11(15)16;1-5-13-10(12)9-7(2)6-8(3)11(9)4;1-4-12-10(11)9-6-7(2)5-8(9)3/h1H,7-8H2,2-5H3,(H,16,19);6-7H2,1-5H3;1H,6H2,2-4H3,(H,14,17)(H,18,19);5H2,1-4H3,(H,15,16);6H,5H2,1-4H3;5H,4,6H2,1-3H3. The minimum Gasteiger partial charge on any atom is -0.477 e. The van der Waals surface area contributed by atoms with E-state index in [2.05, 4.69) is 22.5 Å². The molecule has 0 spiro atoms. The van der Waals surface area contributed by atoms with Gasteiger partial charge in [0.1, 0.15) is 28.5 Å². The van der Waals surface area contributed by atoms with E-state index in [1.165, 1.54) is 35.6 Å². The van der Waals surface area contributed by atoms with Crippen LogP contribution in [0.2, 0.25) is 0 Å². The topological polar surface area (TPSA) is 384 Å². The molecule has 2 amide bonds. The molecule has 29 heteroatoms. The molecule has 0 radical (unpaired) electrons. The number of hydrogen-bond acceptors (Lipinski definition) is 20. The molecule has 5 heterocycles. The number of nitrogens with one attached hydrogen (secondary N) is 2. The largest absolute Gasteiger partial charge is 0.477 e. The molecule has 0 aromatic carbocycles. The fraction of sp³-hybridized carbons (Fsp3) is 0.432. The van der Waals surface area contributed by atoms with E-state index in [1.807, 2.05) is 65.3 Å². The number of amides is 2. The van der Waals surface area contributed by atoms with Crippen LogP contribution in [0, 0.1) is 93.9 Å². The van der Waals surface area contributed by atoms with Gasteiger partial charge in [0.25, 0.3) is 34.9 Å². The second-order valence-electron chi connectivity index (χ2n) is 22.7. The Morgan fingerprint density at radius 3 is 0.990 bits per heavy atom. The second kappa shape index (κ2) is 41.2. The highest BCUT2D eigenvalue weighted by atomic mass is 16.6. The zero-order chi connectivity index (χ0) is 79.5. The van der Waals surface area contributed by atoms with Crippen LogP contribution in [0.1, 0.15) is 212 Å². The van der Waals surface area contributed by atoms with E-state index in [9.17, 15) is 67.1 Å². The Morgan fingerprint density at radius 1 is 0.417 bits per heavy atom. The molecule has 6 rings (SSSR count). The predicted molar refractivity (Wildman–Crippen MR) is 378 cm³/mol. The van der Waals surface area contributed by atoms with Gasteiger partial charge in [0.2, 0.25) is 0 Å². The number of carbonyl (C=O) groups is 14. The number of aliphatic carboxylic acids is 1. The van der Waals surface area contributed by atoms with E-state index in [0.29, 0.717) is 58.4 Å². The van der Waals surface area contributed by atoms with E-state index in [4.69, 9.17) is 51.5 Å². The molecule has 558 valence electrons. The predicted octanol–water partition coefficient (Wildman–Crippen LogP) is 7.71. The van der Waals surface area contributed by atoms with E-state index in [-0.39, 0.29) is 102 Å². The van der Waals surface area contributed by atoms with Crippen LogP contribution in [0.3, 0.4) is 0 Å². The summed E-state index contributed by atoms with van der Waals surface area (Å²) in [6.45, 7) is 32.6. The number of aromatic carboxylic acids is 1. The number of allylic oxidation sites excluding steroid dienone is 3. The Hall–Kier alpha value is -11.6. The van der Waals surface area contributed by atoms with Crippen LogP contribution in [0.5, 0.6) is 0 Å². The zero-order valence-corrected chi connectivity index (χ0v) is 63.0. The number of aryl methyl sites for hydroxylation is 2. The summed E-state index contributed by atoms with van der Waals surface area (Å²) in [7, 11) is 8.28. The lowest BCUT2D eigenvalue weighted by Gasteiger charge is -2.05. The summed E-state index contributed by atoms with van der Waals surface area (Å²) < 4.78 is 37.2. The minimum absolute atomic E-state index is 0.00870. The first-order chi connectivity index (χ1) is 48.1. The van der Waals surface area contributed by atoms with E-state index < -0.39 is 70.8 Å². The van der Waals surface area contributed by atoms with Crippen LogP contribution in [-0.4, -0.2) is 168 Å². The fourth-order valence-electron chi connectivity index (χ4n) is 10.9. The van der Waals surface area contributed by atoms with Crippen LogP contribution in [0.15, 0.2) is 28.9 Å². The van der Waals surface area contributed by atoms with Crippen LogP contribution in [-0.2, 0) is 87.6 Å². The molecule has 0 atom stereocenters. The number of rotatable bonds is 22. The summed E-state index contributed by atoms with van der Waals surface area (Å²) in [4.78, 5) is 163. The summed E-state index contributed by atoms with van der Waals surface area (Å²) >= 11 is 0. The molecule has 5 aromatic rings. The molecule has 0 unspecified atom stereocenters. The molecule has 0 saturated heterocycles. The number of Topliss-reactive ketones (excluding diaryl/α,β-unsaturated/α-hetero) is 4. The third-order valence-electron chi connectivity index (χ3n) is 16.1. The number of nitrogens with zero attached hydrogens (tertiary/aromatic N) is 5. The maximum absolute atomic E-state index is 12.2. The Morgan fingerprint density at radius 2 is 0.718 bits per heavy atom. The number of ketones is 4. The molecule has 0 aliphatic heterocycles. The van der Waals surface area contributed by atoms with Crippen molar-refractivity contribution in [1.82, 2.24) is 33.5 Å². The van der Waals surface area contributed by atoms with Crippen molar-refractivity contribution in [2.75, 3.05) is 52.7 Å². The number of terminal acetylenes is 2. The smallest absolute Gasteiger partial charge is 0.379 e. The number of ether oxygens (including phenoxy) is 6. The first-order valence-electron chi connectivity index (χ1n) is 32.3. The highest BCUT2D eigenvalue weighted by Gasteiger charge is 2.33. The van der Waals surface area contributed by atoms with Gasteiger partial charge >= 0.3 is 47.8 Å². The molecule has 5 aromatic heterocycles. The lowest BCUT2D eigenvalue weighted by atomic mass is 10.1. The quantitative estimate of drug-likeness (QED) is 0.0169. The van der Waals surface area contributed by atoms with Crippen molar-refractivity contribution in [3.8, 4) is 24.7 Å². The fourth-order valence-corrected chi connectivity index (χ4v) is 10.9. The number of carbonyl (C=O) groups excluding carboxylic acids is 12. The third-order valence-corrected chi connectivity index (χ3v) is 16.1. The SMILES string of the molecule is C#CCNC(=O)C(=O)c1c(C)c(C(=O)O)n(C)c1C.C#CCNC(=O)C(=O)c1c(C)c(C(=O)OCC)n(C)c1C.CCOC(=O)C(=O)c1c(C)c(C(=O)OCC)n(C)c1C.CCOC(=O)C1=C(C)C=C(C)C1.CCOC(=O)c1c(C)c(C(=O)C(=O)O)c(C)n1C.CCOC(=O)c1c(C)cc(C)n1C. The van der Waals surface area contributed by atoms with E-state index in [0.717, 1.165) is 28.8 Å². The van der Waals surface area contributed by atoms with Gasteiger partial charge in [-0.2, -0.15) is 0 Å². The van der Waals surface area contributed by atoms with Crippen LogP contribution in [0.25, 0.3) is 0 Å². The minimum atomic E-state index is -1.54.